The van der Waals surface area contributed by atoms with Gasteiger partial charge in [0.25, 0.3) is 11.8 Å². The van der Waals surface area contributed by atoms with E-state index in [0.717, 1.165) is 30.5 Å². The van der Waals surface area contributed by atoms with Crippen molar-refractivity contribution in [1.29, 1.82) is 0 Å². The van der Waals surface area contributed by atoms with Gasteiger partial charge in [0, 0.05) is 25.0 Å². The predicted octanol–water partition coefficient (Wildman–Crippen LogP) is 4.49. The van der Waals surface area contributed by atoms with Crippen molar-refractivity contribution < 1.29 is 14.0 Å². The molecule has 3 rings (SSSR count). The molecule has 3 N–H and O–H groups in total. The molecule has 3 aromatic rings. The van der Waals surface area contributed by atoms with E-state index in [4.69, 9.17) is 4.42 Å². The smallest absolute Gasteiger partial charge is 0.294 e. The van der Waals surface area contributed by atoms with E-state index >= 15 is 0 Å². The van der Waals surface area contributed by atoms with Crippen molar-refractivity contribution in [1.82, 2.24) is 15.3 Å². The molecule has 2 amide bonds. The molecule has 2 heterocycles. The van der Waals surface area contributed by atoms with E-state index in [1.54, 1.807) is 12.3 Å². The number of carbonyl (C=O) groups excluding carboxylic acids is 2. The van der Waals surface area contributed by atoms with Crippen LogP contribution in [0.3, 0.4) is 0 Å². The van der Waals surface area contributed by atoms with Gasteiger partial charge in [0.1, 0.15) is 5.82 Å². The number of nitrogens with one attached hydrogen (secondary N) is 3. The first-order chi connectivity index (χ1) is 15.6. The minimum absolute atomic E-state index is 0.0891. The molecule has 0 aliphatic heterocycles. The second-order valence-electron chi connectivity index (χ2n) is 7.50. The van der Waals surface area contributed by atoms with E-state index in [-0.39, 0.29) is 11.7 Å². The number of aromatic nitrogens is 2. The first-order valence-corrected chi connectivity index (χ1v) is 10.9. The number of pyridine rings is 1. The van der Waals surface area contributed by atoms with Gasteiger partial charge < -0.3 is 20.4 Å². The van der Waals surface area contributed by atoms with Crippen LogP contribution in [0.15, 0.2) is 59.6 Å². The van der Waals surface area contributed by atoms with E-state index in [9.17, 15) is 9.59 Å². The number of oxazole rings is 1. The van der Waals surface area contributed by atoms with Gasteiger partial charge in [-0.15, -0.1) is 0 Å². The lowest BCUT2D eigenvalue weighted by molar-refractivity contribution is 0.0950. The van der Waals surface area contributed by atoms with Gasteiger partial charge in [-0.25, -0.2) is 9.97 Å². The zero-order valence-corrected chi connectivity index (χ0v) is 18.4. The number of nitrogens with zero attached hydrogens (tertiary/aromatic N) is 2. The lowest BCUT2D eigenvalue weighted by Gasteiger charge is -2.15. The zero-order chi connectivity index (χ0) is 22.8. The molecule has 0 fully saturated rings. The lowest BCUT2D eigenvalue weighted by atomic mass is 9.99. The van der Waals surface area contributed by atoms with Crippen molar-refractivity contribution in [2.24, 2.45) is 5.92 Å². The standard InChI is InChI=1S/C24H29N5O3/c1-3-17(4-2)9-12-27-23(30)19-7-5-6-8-20(19)28-14-18-10-11-26-22(13-18)29-24(31)21-15-25-16-32-21/h5-8,10-11,13,15-17,28H,3-4,9,12,14H2,1-2H3,(H,27,30)(H,26,29,31). The van der Waals surface area contributed by atoms with E-state index < -0.39 is 5.91 Å². The molecule has 0 saturated heterocycles. The Kier molecular flexibility index (Phi) is 8.36. The fourth-order valence-corrected chi connectivity index (χ4v) is 3.37. The molecule has 8 nitrogen and oxygen atoms in total. The highest BCUT2D eigenvalue weighted by Crippen LogP contribution is 2.18. The molecule has 168 valence electrons. The Bertz CT molecular complexity index is 1020. The van der Waals surface area contributed by atoms with E-state index in [2.05, 4.69) is 39.8 Å². The number of rotatable bonds is 11. The summed E-state index contributed by atoms with van der Waals surface area (Å²) < 4.78 is 4.99. The number of hydrogen-bond donors (Lipinski definition) is 3. The van der Waals surface area contributed by atoms with E-state index in [1.165, 1.54) is 12.6 Å². The zero-order valence-electron chi connectivity index (χ0n) is 18.4. The maximum absolute atomic E-state index is 12.7. The maximum Gasteiger partial charge on any atom is 0.294 e. The second-order valence-corrected chi connectivity index (χ2v) is 7.50. The molecular weight excluding hydrogens is 406 g/mol. The Hall–Kier alpha value is -3.68. The Morgan fingerprint density at radius 1 is 1.09 bits per heavy atom. The van der Waals surface area contributed by atoms with Crippen LogP contribution in [-0.2, 0) is 6.54 Å². The number of anilines is 2. The molecule has 0 unspecified atom stereocenters. The molecule has 2 aromatic heterocycles. The lowest BCUT2D eigenvalue weighted by Crippen LogP contribution is -2.26. The van der Waals surface area contributed by atoms with Crippen LogP contribution in [0.4, 0.5) is 11.5 Å². The van der Waals surface area contributed by atoms with Gasteiger partial charge in [0.15, 0.2) is 6.39 Å². The summed E-state index contributed by atoms with van der Waals surface area (Å²) in [5.41, 5.74) is 2.25. The summed E-state index contributed by atoms with van der Waals surface area (Å²) in [4.78, 5) is 32.7. The quantitative estimate of drug-likeness (QED) is 0.409. The summed E-state index contributed by atoms with van der Waals surface area (Å²) >= 11 is 0. The Labute approximate surface area is 187 Å². The van der Waals surface area contributed by atoms with Crippen LogP contribution in [0.1, 0.15) is 59.6 Å². The largest absolute Gasteiger partial charge is 0.438 e. The van der Waals surface area contributed by atoms with E-state index in [0.29, 0.717) is 30.4 Å². The van der Waals surface area contributed by atoms with Gasteiger partial charge in [0.05, 0.1) is 11.8 Å². The molecule has 8 heteroatoms. The Morgan fingerprint density at radius 3 is 2.66 bits per heavy atom. The molecule has 0 bridgehead atoms. The van der Waals surface area contributed by atoms with Crippen LogP contribution >= 0.6 is 0 Å². The highest BCUT2D eigenvalue weighted by atomic mass is 16.3. The SMILES string of the molecule is CCC(CC)CCNC(=O)c1ccccc1NCc1ccnc(NC(=O)c2cnco2)c1. The minimum Gasteiger partial charge on any atom is -0.438 e. The average Bonchev–Trinajstić information content (AvgIpc) is 3.36. The average molecular weight is 436 g/mol. The molecule has 1 aromatic carbocycles. The Balaban J connectivity index is 1.59. The third kappa shape index (κ3) is 6.41. The van der Waals surface area contributed by atoms with Crippen LogP contribution in [0.25, 0.3) is 0 Å². The number of benzene rings is 1. The molecule has 0 aliphatic carbocycles. The van der Waals surface area contributed by atoms with Crippen LogP contribution < -0.4 is 16.0 Å². The summed E-state index contributed by atoms with van der Waals surface area (Å²) in [6, 6.07) is 11.0. The van der Waals surface area contributed by atoms with Gasteiger partial charge in [0.2, 0.25) is 5.76 Å². The van der Waals surface area contributed by atoms with Crippen LogP contribution in [-0.4, -0.2) is 28.3 Å². The first-order valence-electron chi connectivity index (χ1n) is 10.9. The maximum atomic E-state index is 12.7. The molecule has 0 radical (unpaired) electrons. The second kappa shape index (κ2) is 11.6. The van der Waals surface area contributed by atoms with Gasteiger partial charge >= 0.3 is 0 Å². The summed E-state index contributed by atoms with van der Waals surface area (Å²) in [6.07, 6.45) is 7.38. The summed E-state index contributed by atoms with van der Waals surface area (Å²) in [6.45, 7) is 5.49. The summed E-state index contributed by atoms with van der Waals surface area (Å²) in [5, 5.41) is 9.02. The van der Waals surface area contributed by atoms with E-state index in [1.807, 2.05) is 30.3 Å². The first kappa shape index (κ1) is 23.0. The van der Waals surface area contributed by atoms with Crippen LogP contribution in [0, 0.1) is 5.92 Å². The fraction of sp³-hybridized carbons (Fsp3) is 0.333. The highest BCUT2D eigenvalue weighted by Gasteiger charge is 2.13. The van der Waals surface area contributed by atoms with Crippen molar-refractivity contribution in [2.45, 2.75) is 39.7 Å². The third-order valence-electron chi connectivity index (χ3n) is 5.37. The molecule has 0 aliphatic rings. The van der Waals surface area contributed by atoms with Crippen molar-refractivity contribution in [3.05, 3.63) is 72.1 Å². The van der Waals surface area contributed by atoms with Crippen molar-refractivity contribution in [2.75, 3.05) is 17.2 Å². The fourth-order valence-electron chi connectivity index (χ4n) is 3.37. The summed E-state index contributed by atoms with van der Waals surface area (Å²) in [7, 11) is 0. The number of carbonyl (C=O) groups is 2. The molecule has 32 heavy (non-hydrogen) atoms. The monoisotopic (exact) mass is 435 g/mol. The molecule has 0 atom stereocenters. The van der Waals surface area contributed by atoms with Crippen molar-refractivity contribution >= 4 is 23.3 Å². The predicted molar refractivity (Wildman–Crippen MR) is 123 cm³/mol. The molecule has 0 saturated carbocycles. The van der Waals surface area contributed by atoms with Gasteiger partial charge in [-0.3, -0.25) is 9.59 Å². The van der Waals surface area contributed by atoms with Crippen LogP contribution in [0.5, 0.6) is 0 Å². The third-order valence-corrected chi connectivity index (χ3v) is 5.37. The minimum atomic E-state index is -0.421. The van der Waals surface area contributed by atoms with Gasteiger partial charge in [-0.2, -0.15) is 0 Å². The van der Waals surface area contributed by atoms with Crippen molar-refractivity contribution in [3.63, 3.8) is 0 Å². The topological polar surface area (TPSA) is 109 Å². The number of para-hydroxylation sites is 1. The Morgan fingerprint density at radius 2 is 1.91 bits per heavy atom. The van der Waals surface area contributed by atoms with Gasteiger partial charge in [-0.1, -0.05) is 38.8 Å². The number of amides is 2. The van der Waals surface area contributed by atoms with Crippen LogP contribution in [0.2, 0.25) is 0 Å². The highest BCUT2D eigenvalue weighted by molar-refractivity contribution is 6.01. The molecular formula is C24H29N5O3. The normalized spacial score (nSPS) is 10.7. The van der Waals surface area contributed by atoms with Crippen molar-refractivity contribution in [3.8, 4) is 0 Å². The van der Waals surface area contributed by atoms with Gasteiger partial charge in [-0.05, 0) is 42.2 Å². The molecule has 0 spiro atoms. The summed E-state index contributed by atoms with van der Waals surface area (Å²) in [5.74, 6) is 0.635. The number of hydrogen-bond acceptors (Lipinski definition) is 6.